The van der Waals surface area contributed by atoms with Crippen molar-refractivity contribution < 1.29 is 34.2 Å². The highest BCUT2D eigenvalue weighted by Gasteiger charge is 2.26. The number of hydrogen-bond acceptors (Lipinski definition) is 8. The van der Waals surface area contributed by atoms with Crippen LogP contribution in [0.3, 0.4) is 0 Å². The molecule has 3 unspecified atom stereocenters. The summed E-state index contributed by atoms with van der Waals surface area (Å²) in [4.78, 5) is 57.3. The minimum atomic E-state index is -1.32. The topological polar surface area (TPSA) is 214 Å². The molecule has 13 heteroatoms. The van der Waals surface area contributed by atoms with Crippen molar-refractivity contribution in [3.05, 3.63) is 0 Å². The Labute approximate surface area is 167 Å². The van der Waals surface area contributed by atoms with Gasteiger partial charge in [0.2, 0.25) is 17.7 Å². The first kappa shape index (κ1) is 25.6. The van der Waals surface area contributed by atoms with E-state index in [1.165, 1.54) is 0 Å². The van der Waals surface area contributed by atoms with E-state index in [4.69, 9.17) is 21.7 Å². The average molecular weight is 421 g/mol. The van der Waals surface area contributed by atoms with Gasteiger partial charge in [0.1, 0.15) is 12.1 Å². The zero-order valence-electron chi connectivity index (χ0n) is 15.2. The molecule has 0 rings (SSSR count). The van der Waals surface area contributed by atoms with Crippen molar-refractivity contribution >= 4 is 42.3 Å². The number of carboxylic acids is 2. The first-order chi connectivity index (χ1) is 13.1. The molecule has 9 N–H and O–H groups in total. The Kier molecular flexibility index (Phi) is 12.6. The van der Waals surface area contributed by atoms with E-state index < -0.39 is 60.8 Å². The number of carboxylic acid groups (broad SMARTS) is 2. The molecule has 3 atom stereocenters. The van der Waals surface area contributed by atoms with Gasteiger partial charge in [0, 0.05) is 5.75 Å². The van der Waals surface area contributed by atoms with Gasteiger partial charge in [0.25, 0.3) is 0 Å². The van der Waals surface area contributed by atoms with Gasteiger partial charge in [-0.1, -0.05) is 0 Å². The van der Waals surface area contributed by atoms with Crippen molar-refractivity contribution in [3.63, 3.8) is 0 Å². The number of carbonyl (C=O) groups excluding carboxylic acids is 3. The molecule has 0 aromatic carbocycles. The molecule has 0 aliphatic rings. The van der Waals surface area contributed by atoms with Crippen LogP contribution in [-0.2, 0) is 24.0 Å². The molecule has 160 valence electrons. The van der Waals surface area contributed by atoms with Crippen LogP contribution in [0.25, 0.3) is 0 Å². The summed E-state index contributed by atoms with van der Waals surface area (Å²) < 4.78 is 0. The quantitative estimate of drug-likeness (QED) is 0.106. The van der Waals surface area contributed by atoms with Gasteiger partial charge >= 0.3 is 11.9 Å². The number of thiol groups is 1. The highest BCUT2D eigenvalue weighted by Crippen LogP contribution is 2.02. The Balaban J connectivity index is 4.57. The Bertz CT molecular complexity index is 575. The maximum absolute atomic E-state index is 12.2. The molecule has 28 heavy (non-hydrogen) atoms. The van der Waals surface area contributed by atoms with Crippen LogP contribution in [0, 0.1) is 0 Å². The standard InChI is InChI=1S/C15H27N5O7S/c16-4-2-1-3-9(15(26)27)20-14(25)10(7-28)19-11(21)6-18-13(24)8(17)5-12(22)23/h8-10,28H,1-7,16-17H2,(H,18,24)(H,19,21)(H,20,25)(H,22,23)(H,26,27). The zero-order chi connectivity index (χ0) is 21.7. The summed E-state index contributed by atoms with van der Waals surface area (Å²) in [7, 11) is 0. The third kappa shape index (κ3) is 10.7. The van der Waals surface area contributed by atoms with E-state index in [-0.39, 0.29) is 12.2 Å². The first-order valence-electron chi connectivity index (χ1n) is 8.50. The number of aliphatic carboxylic acids is 2. The zero-order valence-corrected chi connectivity index (χ0v) is 16.1. The molecule has 0 radical (unpaired) electrons. The van der Waals surface area contributed by atoms with Crippen LogP contribution >= 0.6 is 12.6 Å². The molecule has 0 aromatic rings. The first-order valence-corrected chi connectivity index (χ1v) is 9.14. The number of nitrogens with two attached hydrogens (primary N) is 2. The molecule has 0 saturated heterocycles. The lowest BCUT2D eigenvalue weighted by atomic mass is 10.1. The summed E-state index contributed by atoms with van der Waals surface area (Å²) >= 11 is 3.96. The summed E-state index contributed by atoms with van der Waals surface area (Å²) in [6, 6.07) is -3.58. The van der Waals surface area contributed by atoms with E-state index in [1.807, 2.05) is 0 Å². The van der Waals surface area contributed by atoms with E-state index in [0.29, 0.717) is 19.4 Å². The molecule has 0 heterocycles. The number of nitrogens with one attached hydrogen (secondary N) is 3. The number of carbonyl (C=O) groups is 5. The number of amides is 3. The fraction of sp³-hybridized carbons (Fsp3) is 0.667. The fourth-order valence-electron chi connectivity index (χ4n) is 2.04. The minimum Gasteiger partial charge on any atom is -0.481 e. The predicted octanol–water partition coefficient (Wildman–Crippen LogP) is -2.98. The van der Waals surface area contributed by atoms with Crippen LogP contribution in [0.4, 0.5) is 0 Å². The van der Waals surface area contributed by atoms with Gasteiger partial charge in [-0.2, -0.15) is 12.6 Å². The highest BCUT2D eigenvalue weighted by molar-refractivity contribution is 7.80. The molecule has 0 saturated carbocycles. The van der Waals surface area contributed by atoms with Crippen LogP contribution in [0.2, 0.25) is 0 Å². The van der Waals surface area contributed by atoms with Crippen molar-refractivity contribution in [1.82, 2.24) is 16.0 Å². The Morgan fingerprint density at radius 3 is 2.11 bits per heavy atom. The van der Waals surface area contributed by atoms with Crippen molar-refractivity contribution in [1.29, 1.82) is 0 Å². The number of rotatable bonds is 14. The summed E-state index contributed by atoms with van der Waals surface area (Å²) in [5, 5.41) is 24.5. The van der Waals surface area contributed by atoms with E-state index in [1.54, 1.807) is 0 Å². The molecule has 0 aliphatic carbocycles. The van der Waals surface area contributed by atoms with Crippen molar-refractivity contribution in [2.24, 2.45) is 11.5 Å². The van der Waals surface area contributed by atoms with Crippen LogP contribution in [-0.4, -0.2) is 76.8 Å². The van der Waals surface area contributed by atoms with Crippen LogP contribution in [0.15, 0.2) is 0 Å². The minimum absolute atomic E-state index is 0.112. The van der Waals surface area contributed by atoms with Gasteiger partial charge in [0.15, 0.2) is 0 Å². The van der Waals surface area contributed by atoms with Gasteiger partial charge in [0.05, 0.1) is 19.0 Å². The highest BCUT2D eigenvalue weighted by atomic mass is 32.1. The summed E-state index contributed by atoms with van der Waals surface area (Å²) in [6.07, 6.45) is 0.698. The molecule has 12 nitrogen and oxygen atoms in total. The van der Waals surface area contributed by atoms with Crippen molar-refractivity contribution in [2.75, 3.05) is 18.8 Å². The van der Waals surface area contributed by atoms with E-state index in [9.17, 15) is 24.0 Å². The molecule has 0 aliphatic heterocycles. The molecule has 0 aromatic heterocycles. The molecule has 0 fully saturated rings. The Morgan fingerprint density at radius 1 is 0.964 bits per heavy atom. The number of hydrogen-bond donors (Lipinski definition) is 8. The lowest BCUT2D eigenvalue weighted by molar-refractivity contribution is -0.142. The second-order valence-electron chi connectivity index (χ2n) is 5.91. The summed E-state index contributed by atoms with van der Waals surface area (Å²) in [5.41, 5.74) is 10.7. The third-order valence-corrected chi connectivity index (χ3v) is 3.92. The second-order valence-corrected chi connectivity index (χ2v) is 6.27. The lowest BCUT2D eigenvalue weighted by Gasteiger charge is -2.20. The van der Waals surface area contributed by atoms with Gasteiger partial charge < -0.3 is 37.6 Å². The molecule has 0 bridgehead atoms. The third-order valence-electron chi connectivity index (χ3n) is 3.55. The SMILES string of the molecule is NCCCCC(NC(=O)C(CS)NC(=O)CNC(=O)C(N)CC(=O)O)C(=O)O. The smallest absolute Gasteiger partial charge is 0.326 e. The molecular formula is C15H27N5O7S. The lowest BCUT2D eigenvalue weighted by Crippen LogP contribution is -2.54. The summed E-state index contributed by atoms with van der Waals surface area (Å²) in [6.45, 7) is -0.139. The predicted molar refractivity (Wildman–Crippen MR) is 101 cm³/mol. The van der Waals surface area contributed by atoms with Gasteiger partial charge in [-0.15, -0.1) is 0 Å². The maximum atomic E-state index is 12.2. The molecule has 3 amide bonds. The largest absolute Gasteiger partial charge is 0.481 e. The second kappa shape index (κ2) is 13.7. The van der Waals surface area contributed by atoms with E-state index >= 15 is 0 Å². The fourth-order valence-corrected chi connectivity index (χ4v) is 2.30. The van der Waals surface area contributed by atoms with Gasteiger partial charge in [-0.25, -0.2) is 4.79 Å². The Hall–Kier alpha value is -2.38. The monoisotopic (exact) mass is 421 g/mol. The van der Waals surface area contributed by atoms with Crippen molar-refractivity contribution in [3.8, 4) is 0 Å². The van der Waals surface area contributed by atoms with Crippen LogP contribution < -0.4 is 27.4 Å². The molecule has 0 spiro atoms. The molecular weight excluding hydrogens is 394 g/mol. The Morgan fingerprint density at radius 2 is 1.61 bits per heavy atom. The van der Waals surface area contributed by atoms with E-state index in [0.717, 1.165) is 0 Å². The number of unbranched alkanes of at least 4 members (excludes halogenated alkanes) is 1. The van der Waals surface area contributed by atoms with E-state index in [2.05, 4.69) is 28.6 Å². The van der Waals surface area contributed by atoms with Gasteiger partial charge in [-0.3, -0.25) is 19.2 Å². The van der Waals surface area contributed by atoms with Crippen molar-refractivity contribution in [2.45, 2.75) is 43.8 Å². The average Bonchev–Trinajstić information content (AvgIpc) is 2.62. The summed E-state index contributed by atoms with van der Waals surface area (Å²) in [5.74, 6) is -4.92. The normalized spacial score (nSPS) is 13.7. The van der Waals surface area contributed by atoms with Gasteiger partial charge in [-0.05, 0) is 25.8 Å². The van der Waals surface area contributed by atoms with Crippen LogP contribution in [0.5, 0.6) is 0 Å². The maximum Gasteiger partial charge on any atom is 0.326 e. The van der Waals surface area contributed by atoms with Crippen LogP contribution in [0.1, 0.15) is 25.7 Å².